The molecule has 112 valence electrons. The van der Waals surface area contributed by atoms with Crippen molar-refractivity contribution in [3.8, 4) is 0 Å². The van der Waals surface area contributed by atoms with Crippen LogP contribution in [-0.2, 0) is 16.0 Å². The van der Waals surface area contributed by atoms with E-state index in [2.05, 4.69) is 36.5 Å². The summed E-state index contributed by atoms with van der Waals surface area (Å²) in [7, 11) is 1.95. The average Bonchev–Trinajstić information content (AvgIpc) is 2.45. The third kappa shape index (κ3) is 5.97. The van der Waals surface area contributed by atoms with Crippen LogP contribution >= 0.6 is 11.8 Å². The number of benzene rings is 1. The summed E-state index contributed by atoms with van der Waals surface area (Å²) >= 11 is 1.61. The van der Waals surface area contributed by atoms with Gasteiger partial charge in [-0.1, -0.05) is 37.6 Å². The molecule has 20 heavy (non-hydrogen) atoms. The summed E-state index contributed by atoms with van der Waals surface area (Å²) in [6.07, 6.45) is 2.30. The van der Waals surface area contributed by atoms with E-state index in [1.165, 1.54) is 17.5 Å². The zero-order valence-electron chi connectivity index (χ0n) is 12.6. The first-order chi connectivity index (χ1) is 9.71. The molecule has 3 nitrogen and oxygen atoms in total. The minimum atomic E-state index is -0.134. The van der Waals surface area contributed by atoms with Crippen molar-refractivity contribution in [1.82, 2.24) is 5.32 Å². The maximum Gasteiger partial charge on any atom is 0.315 e. The summed E-state index contributed by atoms with van der Waals surface area (Å²) in [4.78, 5) is 11.3. The van der Waals surface area contributed by atoms with Crippen LogP contribution in [-0.4, -0.2) is 31.1 Å². The molecule has 4 heteroatoms. The fourth-order valence-corrected chi connectivity index (χ4v) is 2.98. The summed E-state index contributed by atoms with van der Waals surface area (Å²) in [6.45, 7) is 4.47. The molecule has 0 saturated heterocycles. The Hall–Kier alpha value is -1.00. The monoisotopic (exact) mass is 295 g/mol. The molecule has 0 radical (unpaired) electrons. The lowest BCUT2D eigenvalue weighted by Crippen LogP contribution is -2.19. The SMILES string of the molecule is CCCc1ccc(C(CSCC(=O)OCC)NC)cc1. The van der Waals surface area contributed by atoms with Crippen molar-refractivity contribution < 1.29 is 9.53 Å². The van der Waals surface area contributed by atoms with Gasteiger partial charge in [0.2, 0.25) is 0 Å². The van der Waals surface area contributed by atoms with Gasteiger partial charge in [-0.05, 0) is 31.5 Å². The van der Waals surface area contributed by atoms with E-state index < -0.39 is 0 Å². The summed E-state index contributed by atoms with van der Waals surface area (Å²) in [5.74, 6) is 1.15. The molecule has 0 bridgehead atoms. The molecule has 1 aromatic carbocycles. The van der Waals surface area contributed by atoms with E-state index in [0.29, 0.717) is 12.4 Å². The molecule has 1 rings (SSSR count). The van der Waals surface area contributed by atoms with Crippen LogP contribution in [0.3, 0.4) is 0 Å². The highest BCUT2D eigenvalue weighted by atomic mass is 32.2. The Kier molecular flexibility index (Phi) is 8.38. The van der Waals surface area contributed by atoms with Crippen molar-refractivity contribution in [3.63, 3.8) is 0 Å². The van der Waals surface area contributed by atoms with Crippen molar-refractivity contribution >= 4 is 17.7 Å². The van der Waals surface area contributed by atoms with Gasteiger partial charge in [-0.25, -0.2) is 0 Å². The fourth-order valence-electron chi connectivity index (χ4n) is 2.01. The minimum Gasteiger partial charge on any atom is -0.465 e. The number of carbonyl (C=O) groups is 1. The Morgan fingerprint density at radius 1 is 1.30 bits per heavy atom. The molecule has 1 atom stereocenters. The normalized spacial score (nSPS) is 12.2. The van der Waals surface area contributed by atoms with Gasteiger partial charge in [-0.2, -0.15) is 0 Å². The lowest BCUT2D eigenvalue weighted by molar-refractivity contribution is -0.139. The second-order valence-corrected chi connectivity index (χ2v) is 5.68. The zero-order valence-corrected chi connectivity index (χ0v) is 13.5. The Morgan fingerprint density at radius 3 is 2.55 bits per heavy atom. The molecular formula is C16H25NO2S. The third-order valence-electron chi connectivity index (χ3n) is 3.08. The molecule has 1 N–H and O–H groups in total. The molecule has 0 aromatic heterocycles. The quantitative estimate of drug-likeness (QED) is 0.710. The molecular weight excluding hydrogens is 270 g/mol. The molecule has 0 saturated carbocycles. The van der Waals surface area contributed by atoms with Crippen LogP contribution in [0.1, 0.15) is 37.4 Å². The Labute approximate surface area is 126 Å². The second kappa shape index (κ2) is 9.83. The molecule has 1 unspecified atom stereocenters. The number of esters is 1. The number of rotatable bonds is 9. The molecule has 0 aliphatic heterocycles. The maximum atomic E-state index is 11.3. The smallest absolute Gasteiger partial charge is 0.315 e. The van der Waals surface area contributed by atoms with Gasteiger partial charge < -0.3 is 10.1 Å². The maximum absolute atomic E-state index is 11.3. The predicted octanol–water partition coefficient (Wildman–Crippen LogP) is 3.20. The number of thioether (sulfide) groups is 1. The largest absolute Gasteiger partial charge is 0.465 e. The summed E-state index contributed by atoms with van der Waals surface area (Å²) in [5, 5.41) is 3.30. The number of ether oxygens (including phenoxy) is 1. The van der Waals surface area contributed by atoms with Gasteiger partial charge >= 0.3 is 5.97 Å². The standard InChI is InChI=1S/C16H25NO2S/c1-4-6-13-7-9-14(10-8-13)15(17-3)11-20-12-16(18)19-5-2/h7-10,15,17H,4-6,11-12H2,1-3H3. The van der Waals surface area contributed by atoms with Crippen molar-refractivity contribution in [1.29, 1.82) is 0 Å². The van der Waals surface area contributed by atoms with Crippen molar-refractivity contribution in [2.75, 3.05) is 25.2 Å². The molecule has 0 amide bonds. The molecule has 0 heterocycles. The van der Waals surface area contributed by atoms with Crippen LogP contribution in [0.4, 0.5) is 0 Å². The van der Waals surface area contributed by atoms with E-state index >= 15 is 0 Å². The van der Waals surface area contributed by atoms with Gasteiger partial charge in [-0.15, -0.1) is 11.8 Å². The second-order valence-electron chi connectivity index (χ2n) is 4.65. The van der Waals surface area contributed by atoms with Crippen LogP contribution in [0.5, 0.6) is 0 Å². The Bertz CT molecular complexity index is 392. The first kappa shape index (κ1) is 17.1. The van der Waals surface area contributed by atoms with E-state index in [0.717, 1.165) is 12.2 Å². The number of nitrogens with one attached hydrogen (secondary N) is 1. The average molecular weight is 295 g/mol. The topological polar surface area (TPSA) is 38.3 Å². The molecule has 1 aromatic rings. The first-order valence-electron chi connectivity index (χ1n) is 7.20. The highest BCUT2D eigenvalue weighted by Gasteiger charge is 2.11. The van der Waals surface area contributed by atoms with Crippen molar-refractivity contribution in [2.24, 2.45) is 0 Å². The van der Waals surface area contributed by atoms with Crippen molar-refractivity contribution in [3.05, 3.63) is 35.4 Å². The third-order valence-corrected chi connectivity index (χ3v) is 4.09. The Morgan fingerprint density at radius 2 is 2.00 bits per heavy atom. The van der Waals surface area contributed by atoms with Gasteiger partial charge in [0.15, 0.2) is 0 Å². The van der Waals surface area contributed by atoms with E-state index in [9.17, 15) is 4.79 Å². The van der Waals surface area contributed by atoms with Gasteiger partial charge in [0.05, 0.1) is 12.4 Å². The van der Waals surface area contributed by atoms with E-state index in [1.807, 2.05) is 14.0 Å². The summed E-state index contributed by atoms with van der Waals surface area (Å²) in [6, 6.07) is 9.01. The van der Waals surface area contributed by atoms with Gasteiger partial charge in [0.1, 0.15) is 0 Å². The number of hydrogen-bond acceptors (Lipinski definition) is 4. The number of aryl methyl sites for hydroxylation is 1. The lowest BCUT2D eigenvalue weighted by atomic mass is 10.0. The Balaban J connectivity index is 2.46. The lowest BCUT2D eigenvalue weighted by Gasteiger charge is -2.16. The highest BCUT2D eigenvalue weighted by molar-refractivity contribution is 7.99. The molecule has 0 aliphatic rings. The van der Waals surface area contributed by atoms with Crippen LogP contribution in [0.25, 0.3) is 0 Å². The molecule has 0 aliphatic carbocycles. The first-order valence-corrected chi connectivity index (χ1v) is 8.36. The predicted molar refractivity (Wildman–Crippen MR) is 86.2 cm³/mol. The summed E-state index contributed by atoms with van der Waals surface area (Å²) < 4.78 is 4.93. The van der Waals surface area contributed by atoms with E-state index in [4.69, 9.17) is 4.74 Å². The van der Waals surface area contributed by atoms with Crippen molar-refractivity contribution in [2.45, 2.75) is 32.7 Å². The highest BCUT2D eigenvalue weighted by Crippen LogP contribution is 2.19. The van der Waals surface area contributed by atoms with Gasteiger partial charge in [-0.3, -0.25) is 4.79 Å². The van der Waals surface area contributed by atoms with Crippen LogP contribution in [0.15, 0.2) is 24.3 Å². The minimum absolute atomic E-state index is 0.134. The van der Waals surface area contributed by atoms with Gasteiger partial charge in [0.25, 0.3) is 0 Å². The molecule has 0 spiro atoms. The van der Waals surface area contributed by atoms with E-state index in [1.54, 1.807) is 11.8 Å². The number of carbonyl (C=O) groups excluding carboxylic acids is 1. The van der Waals surface area contributed by atoms with Crippen LogP contribution in [0.2, 0.25) is 0 Å². The number of hydrogen-bond donors (Lipinski definition) is 1. The van der Waals surface area contributed by atoms with E-state index in [-0.39, 0.29) is 12.0 Å². The summed E-state index contributed by atoms with van der Waals surface area (Å²) in [5.41, 5.74) is 2.65. The molecule has 0 fully saturated rings. The van der Waals surface area contributed by atoms with Gasteiger partial charge in [0, 0.05) is 11.8 Å². The van der Waals surface area contributed by atoms with Crippen LogP contribution in [0, 0.1) is 0 Å². The van der Waals surface area contributed by atoms with Crippen LogP contribution < -0.4 is 5.32 Å². The fraction of sp³-hybridized carbons (Fsp3) is 0.562. The zero-order chi connectivity index (χ0) is 14.8.